The highest BCUT2D eigenvalue weighted by Crippen LogP contribution is 2.19. The van der Waals surface area contributed by atoms with Gasteiger partial charge in [0, 0.05) is 0 Å². The molecular formula is C3H3NO2S. The summed E-state index contributed by atoms with van der Waals surface area (Å²) in [5.74, 6) is 0. The summed E-state index contributed by atoms with van der Waals surface area (Å²) in [7, 11) is 0. The van der Waals surface area contributed by atoms with Gasteiger partial charge in [-0.15, -0.1) is 0 Å². The Kier molecular flexibility index (Phi) is 0.900. The van der Waals surface area contributed by atoms with E-state index in [1.165, 1.54) is 0 Å². The molecule has 0 amide bonds. The van der Waals surface area contributed by atoms with Gasteiger partial charge < -0.3 is 5.73 Å². The predicted octanol–water partition coefficient (Wildman–Crippen LogP) is -0.886. The van der Waals surface area contributed by atoms with Gasteiger partial charge in [0.2, 0.25) is 10.2 Å². The average molecular weight is 117 g/mol. The van der Waals surface area contributed by atoms with Gasteiger partial charge in [0.05, 0.1) is 0 Å². The van der Waals surface area contributed by atoms with Gasteiger partial charge in [-0.2, -0.15) is 0 Å². The molecular weight excluding hydrogens is 114 g/mol. The smallest absolute Gasteiger partial charge is 0.221 e. The zero-order chi connectivity index (χ0) is 5.44. The highest BCUT2D eigenvalue weighted by molar-refractivity contribution is 8.29. The monoisotopic (exact) mass is 117 g/mol. The van der Waals surface area contributed by atoms with Crippen molar-refractivity contribution in [2.75, 3.05) is 0 Å². The third kappa shape index (κ3) is 0.555. The molecule has 1 aliphatic heterocycles. The van der Waals surface area contributed by atoms with Crippen LogP contribution >= 0.6 is 11.8 Å². The minimum atomic E-state index is -0.815. The third-order valence-electron chi connectivity index (χ3n) is 0.709. The van der Waals surface area contributed by atoms with Crippen molar-refractivity contribution < 1.29 is 9.59 Å². The maximum Gasteiger partial charge on any atom is 0.221 e. The van der Waals surface area contributed by atoms with E-state index in [1.54, 1.807) is 0 Å². The van der Waals surface area contributed by atoms with E-state index in [9.17, 15) is 9.59 Å². The van der Waals surface area contributed by atoms with Crippen LogP contribution in [0.15, 0.2) is 0 Å². The summed E-state index contributed by atoms with van der Waals surface area (Å²) in [6.45, 7) is 0. The fraction of sp³-hybridized carbons (Fsp3) is 0.333. The first-order chi connectivity index (χ1) is 3.22. The maximum atomic E-state index is 10.1. The Hall–Kier alpha value is -0.350. The highest BCUT2D eigenvalue weighted by Gasteiger charge is 2.35. The lowest BCUT2D eigenvalue weighted by Crippen LogP contribution is -2.44. The fourth-order valence-electron chi connectivity index (χ4n) is 0.264. The van der Waals surface area contributed by atoms with Gasteiger partial charge in [-0.25, -0.2) is 0 Å². The minimum Gasteiger partial charge on any atom is -0.314 e. The molecule has 1 rings (SSSR count). The van der Waals surface area contributed by atoms with Crippen LogP contribution in [-0.4, -0.2) is 16.3 Å². The Morgan fingerprint density at radius 2 is 1.86 bits per heavy atom. The summed E-state index contributed by atoms with van der Waals surface area (Å²) < 4.78 is 0. The van der Waals surface area contributed by atoms with Crippen molar-refractivity contribution >= 4 is 22.0 Å². The van der Waals surface area contributed by atoms with Crippen molar-refractivity contribution in [2.24, 2.45) is 5.73 Å². The van der Waals surface area contributed by atoms with Gasteiger partial charge in [-0.05, 0) is 11.8 Å². The number of thioether (sulfide) groups is 1. The number of hydrogen-bond acceptors (Lipinski definition) is 4. The van der Waals surface area contributed by atoms with Crippen LogP contribution in [0.2, 0.25) is 0 Å². The molecule has 0 aromatic heterocycles. The van der Waals surface area contributed by atoms with Crippen LogP contribution in [0.5, 0.6) is 0 Å². The zero-order valence-corrected chi connectivity index (χ0v) is 4.20. The summed E-state index contributed by atoms with van der Waals surface area (Å²) in [4.78, 5) is 20.1. The second-order valence-electron chi connectivity index (χ2n) is 1.22. The molecule has 0 aromatic rings. The summed E-state index contributed by atoms with van der Waals surface area (Å²) in [5, 5.41) is -0.435. The molecule has 1 saturated heterocycles. The van der Waals surface area contributed by atoms with Crippen molar-refractivity contribution in [3.63, 3.8) is 0 Å². The molecule has 1 fully saturated rings. The zero-order valence-electron chi connectivity index (χ0n) is 3.38. The van der Waals surface area contributed by atoms with E-state index < -0.39 is 6.04 Å². The van der Waals surface area contributed by atoms with Crippen molar-refractivity contribution in [2.45, 2.75) is 6.04 Å². The minimum absolute atomic E-state index is 0.218. The van der Waals surface area contributed by atoms with Crippen LogP contribution in [0.1, 0.15) is 0 Å². The normalized spacial score (nSPS) is 22.4. The quantitative estimate of drug-likeness (QED) is 0.418. The summed E-state index contributed by atoms with van der Waals surface area (Å²) in [6, 6.07) is -0.815. The molecule has 0 unspecified atom stereocenters. The molecule has 3 nitrogen and oxygen atoms in total. The lowest BCUT2D eigenvalue weighted by molar-refractivity contribution is -0.123. The summed E-state index contributed by atoms with van der Waals surface area (Å²) in [5.41, 5.74) is 4.95. The summed E-state index contributed by atoms with van der Waals surface area (Å²) >= 11 is 0.689. The molecule has 1 aliphatic rings. The van der Waals surface area contributed by atoms with Gasteiger partial charge in [0.15, 0.2) is 0 Å². The number of carbonyl (C=O) groups excluding carboxylic acids is 2. The second-order valence-corrected chi connectivity index (χ2v) is 2.23. The molecule has 7 heavy (non-hydrogen) atoms. The van der Waals surface area contributed by atoms with Gasteiger partial charge >= 0.3 is 0 Å². The van der Waals surface area contributed by atoms with Gasteiger partial charge in [-0.3, -0.25) is 9.59 Å². The largest absolute Gasteiger partial charge is 0.314 e. The average Bonchev–Trinajstić information content (AvgIpc) is 1.68. The van der Waals surface area contributed by atoms with Crippen molar-refractivity contribution in [1.82, 2.24) is 0 Å². The van der Waals surface area contributed by atoms with Crippen LogP contribution in [0.4, 0.5) is 0 Å². The van der Waals surface area contributed by atoms with Gasteiger partial charge in [-0.1, -0.05) is 0 Å². The lowest BCUT2D eigenvalue weighted by atomic mass is 10.4. The van der Waals surface area contributed by atoms with E-state index in [2.05, 4.69) is 0 Å². The first-order valence-electron chi connectivity index (χ1n) is 1.73. The van der Waals surface area contributed by atoms with Crippen molar-refractivity contribution in [3.8, 4) is 0 Å². The van der Waals surface area contributed by atoms with Crippen LogP contribution in [0, 0.1) is 0 Å². The first kappa shape index (κ1) is 4.80. The highest BCUT2D eigenvalue weighted by atomic mass is 32.2. The van der Waals surface area contributed by atoms with E-state index in [0.717, 1.165) is 0 Å². The van der Waals surface area contributed by atoms with Crippen molar-refractivity contribution in [1.29, 1.82) is 0 Å². The number of hydrogen-bond donors (Lipinski definition) is 1. The number of rotatable bonds is 0. The Morgan fingerprint density at radius 3 is 1.86 bits per heavy atom. The molecule has 0 aliphatic carbocycles. The molecule has 0 saturated carbocycles. The molecule has 4 heteroatoms. The number of nitrogens with two attached hydrogens (primary N) is 1. The molecule has 0 radical (unpaired) electrons. The molecule has 0 aromatic carbocycles. The molecule has 1 heterocycles. The van der Waals surface area contributed by atoms with E-state index in [1.807, 2.05) is 0 Å². The first-order valence-corrected chi connectivity index (χ1v) is 2.54. The Balaban J connectivity index is 2.59. The molecule has 0 bridgehead atoms. The standard InChI is InChI=1S/C3H3NO2S/c4-1-2(5)7-3(1)6/h1H,4H2. The van der Waals surface area contributed by atoms with Crippen LogP contribution in [-0.2, 0) is 9.59 Å². The molecule has 2 N–H and O–H groups in total. The molecule has 0 spiro atoms. The topological polar surface area (TPSA) is 60.2 Å². The maximum absolute atomic E-state index is 10.1. The fourth-order valence-corrected chi connectivity index (χ4v) is 0.745. The van der Waals surface area contributed by atoms with Gasteiger partial charge in [0.25, 0.3) is 0 Å². The van der Waals surface area contributed by atoms with Gasteiger partial charge in [0.1, 0.15) is 6.04 Å². The van der Waals surface area contributed by atoms with Crippen molar-refractivity contribution in [3.05, 3.63) is 0 Å². The number of carbonyl (C=O) groups is 2. The summed E-state index contributed by atoms with van der Waals surface area (Å²) in [6.07, 6.45) is 0. The predicted molar refractivity (Wildman–Crippen MR) is 25.6 cm³/mol. The van der Waals surface area contributed by atoms with E-state index in [-0.39, 0.29) is 10.2 Å². The Bertz CT molecular complexity index is 119. The Labute approximate surface area is 44.2 Å². The Morgan fingerprint density at radius 1 is 1.43 bits per heavy atom. The van der Waals surface area contributed by atoms with Crippen LogP contribution < -0.4 is 5.73 Å². The SMILES string of the molecule is NC1C(=O)SC1=O. The third-order valence-corrected chi connectivity index (χ3v) is 1.62. The van der Waals surface area contributed by atoms with Crippen LogP contribution in [0.25, 0.3) is 0 Å². The molecule has 38 valence electrons. The van der Waals surface area contributed by atoms with E-state index in [4.69, 9.17) is 5.73 Å². The van der Waals surface area contributed by atoms with Crippen LogP contribution in [0.3, 0.4) is 0 Å². The van der Waals surface area contributed by atoms with E-state index >= 15 is 0 Å². The van der Waals surface area contributed by atoms with E-state index in [0.29, 0.717) is 11.8 Å². The lowest BCUT2D eigenvalue weighted by Gasteiger charge is -2.14. The molecule has 0 atom stereocenters. The second kappa shape index (κ2) is 1.31.